The summed E-state index contributed by atoms with van der Waals surface area (Å²) in [5, 5.41) is 15.3. The summed E-state index contributed by atoms with van der Waals surface area (Å²) in [6.07, 6.45) is 4.31. The van der Waals surface area contributed by atoms with E-state index in [1.807, 2.05) is 20.8 Å². The molecule has 1 amide bonds. The average molecular weight is 298 g/mol. The zero-order valence-electron chi connectivity index (χ0n) is 13.6. The number of nitrogens with one attached hydrogen (secondary N) is 2. The summed E-state index contributed by atoms with van der Waals surface area (Å²) in [7, 11) is 0. The van der Waals surface area contributed by atoms with Crippen molar-refractivity contribution in [3.8, 4) is 0 Å². The van der Waals surface area contributed by atoms with Crippen molar-refractivity contribution < 1.29 is 14.7 Å². The van der Waals surface area contributed by atoms with Gasteiger partial charge in [-0.3, -0.25) is 9.59 Å². The zero-order chi connectivity index (χ0) is 15.9. The molecule has 1 aliphatic heterocycles. The second-order valence-electron chi connectivity index (χ2n) is 7.36. The Morgan fingerprint density at radius 1 is 1.38 bits per heavy atom. The fourth-order valence-corrected chi connectivity index (χ4v) is 2.82. The fraction of sp³-hybridized carbons (Fsp3) is 0.875. The van der Waals surface area contributed by atoms with E-state index in [4.69, 9.17) is 0 Å². The highest BCUT2D eigenvalue weighted by molar-refractivity contribution is 5.77. The molecule has 0 aromatic rings. The summed E-state index contributed by atoms with van der Waals surface area (Å²) in [6, 6.07) is 0. The molecule has 1 rings (SSSR count). The second kappa shape index (κ2) is 8.37. The van der Waals surface area contributed by atoms with Crippen molar-refractivity contribution in [3.05, 3.63) is 0 Å². The van der Waals surface area contributed by atoms with Crippen LogP contribution in [0.25, 0.3) is 0 Å². The Kier molecular flexibility index (Phi) is 7.15. The van der Waals surface area contributed by atoms with E-state index in [-0.39, 0.29) is 17.9 Å². The van der Waals surface area contributed by atoms with E-state index >= 15 is 0 Å². The van der Waals surface area contributed by atoms with Crippen LogP contribution in [0.15, 0.2) is 0 Å². The zero-order valence-corrected chi connectivity index (χ0v) is 13.6. The van der Waals surface area contributed by atoms with E-state index < -0.39 is 11.9 Å². The number of piperidine rings is 1. The standard InChI is InChI=1S/C16H30N2O3/c1-16(2,3)9-13(15(20)21)11-18-14(19)7-6-12-5-4-8-17-10-12/h12-13,17H,4-11H2,1-3H3,(H,18,19)(H,20,21). The van der Waals surface area contributed by atoms with Crippen LogP contribution >= 0.6 is 0 Å². The highest BCUT2D eigenvalue weighted by Gasteiger charge is 2.25. The molecule has 0 spiro atoms. The Bertz CT molecular complexity index is 344. The molecule has 1 aliphatic rings. The predicted octanol–water partition coefficient (Wildman–Crippen LogP) is 2.02. The van der Waals surface area contributed by atoms with Gasteiger partial charge in [0.2, 0.25) is 5.91 Å². The Balaban J connectivity index is 2.27. The maximum absolute atomic E-state index is 11.9. The number of carbonyl (C=O) groups excluding carboxylic acids is 1. The van der Waals surface area contributed by atoms with Crippen LogP contribution in [0.5, 0.6) is 0 Å². The second-order valence-corrected chi connectivity index (χ2v) is 7.36. The first-order chi connectivity index (χ1) is 9.78. The molecule has 3 N–H and O–H groups in total. The normalized spacial score (nSPS) is 20.8. The van der Waals surface area contributed by atoms with Crippen LogP contribution in [0.3, 0.4) is 0 Å². The number of carboxylic acid groups (broad SMARTS) is 1. The van der Waals surface area contributed by atoms with E-state index in [0.29, 0.717) is 18.8 Å². The number of amides is 1. The molecule has 122 valence electrons. The smallest absolute Gasteiger partial charge is 0.308 e. The molecule has 5 nitrogen and oxygen atoms in total. The van der Waals surface area contributed by atoms with Crippen molar-refractivity contribution in [1.82, 2.24) is 10.6 Å². The fourth-order valence-electron chi connectivity index (χ4n) is 2.82. The Hall–Kier alpha value is -1.10. The maximum Gasteiger partial charge on any atom is 0.308 e. The van der Waals surface area contributed by atoms with E-state index in [1.165, 1.54) is 12.8 Å². The van der Waals surface area contributed by atoms with Gasteiger partial charge in [0.25, 0.3) is 0 Å². The van der Waals surface area contributed by atoms with Gasteiger partial charge in [-0.1, -0.05) is 20.8 Å². The van der Waals surface area contributed by atoms with Crippen molar-refractivity contribution >= 4 is 11.9 Å². The van der Waals surface area contributed by atoms with Crippen LogP contribution in [-0.2, 0) is 9.59 Å². The lowest BCUT2D eigenvalue weighted by Crippen LogP contribution is -2.35. The molecule has 0 aromatic heterocycles. The van der Waals surface area contributed by atoms with Crippen molar-refractivity contribution in [2.45, 2.75) is 52.9 Å². The average Bonchev–Trinajstić information content (AvgIpc) is 2.41. The molecule has 1 saturated heterocycles. The minimum Gasteiger partial charge on any atom is -0.481 e. The first-order valence-corrected chi connectivity index (χ1v) is 7.98. The lowest BCUT2D eigenvalue weighted by Gasteiger charge is -2.24. The van der Waals surface area contributed by atoms with Gasteiger partial charge in [-0.15, -0.1) is 0 Å². The van der Waals surface area contributed by atoms with Gasteiger partial charge in [-0.25, -0.2) is 0 Å². The predicted molar refractivity (Wildman–Crippen MR) is 83.0 cm³/mol. The van der Waals surface area contributed by atoms with Crippen LogP contribution in [0.4, 0.5) is 0 Å². The molecule has 0 aromatic carbocycles. The van der Waals surface area contributed by atoms with Crippen molar-refractivity contribution in [3.63, 3.8) is 0 Å². The summed E-state index contributed by atoms with van der Waals surface area (Å²) in [6.45, 7) is 8.35. The van der Waals surface area contributed by atoms with Gasteiger partial charge >= 0.3 is 5.97 Å². The van der Waals surface area contributed by atoms with E-state index in [9.17, 15) is 14.7 Å². The first kappa shape index (κ1) is 18.0. The molecule has 1 heterocycles. The molecule has 5 heteroatoms. The van der Waals surface area contributed by atoms with Crippen LogP contribution in [0, 0.1) is 17.3 Å². The van der Waals surface area contributed by atoms with E-state index in [0.717, 1.165) is 19.5 Å². The highest BCUT2D eigenvalue weighted by atomic mass is 16.4. The minimum absolute atomic E-state index is 0.0271. The van der Waals surface area contributed by atoms with Crippen LogP contribution in [0.2, 0.25) is 0 Å². The third-order valence-electron chi connectivity index (χ3n) is 3.93. The topological polar surface area (TPSA) is 78.4 Å². The first-order valence-electron chi connectivity index (χ1n) is 7.98. The van der Waals surface area contributed by atoms with Crippen molar-refractivity contribution in [1.29, 1.82) is 0 Å². The van der Waals surface area contributed by atoms with Crippen molar-refractivity contribution in [2.75, 3.05) is 19.6 Å². The largest absolute Gasteiger partial charge is 0.481 e. The quantitative estimate of drug-likeness (QED) is 0.672. The van der Waals surface area contributed by atoms with Gasteiger partial charge in [0.15, 0.2) is 0 Å². The lowest BCUT2D eigenvalue weighted by atomic mass is 9.84. The molecule has 1 fully saturated rings. The van der Waals surface area contributed by atoms with Crippen molar-refractivity contribution in [2.24, 2.45) is 17.3 Å². The molecule has 21 heavy (non-hydrogen) atoms. The lowest BCUT2D eigenvalue weighted by molar-refractivity contribution is -0.142. The van der Waals surface area contributed by atoms with Gasteiger partial charge in [-0.2, -0.15) is 0 Å². The summed E-state index contributed by atoms with van der Waals surface area (Å²) in [4.78, 5) is 23.1. The Labute approximate surface area is 127 Å². The van der Waals surface area contributed by atoms with Gasteiger partial charge < -0.3 is 15.7 Å². The molecule has 0 radical (unpaired) electrons. The number of hydrogen-bond donors (Lipinski definition) is 3. The van der Waals surface area contributed by atoms with Gasteiger partial charge in [0.05, 0.1) is 5.92 Å². The number of carbonyl (C=O) groups is 2. The SMILES string of the molecule is CC(C)(C)CC(CNC(=O)CCC1CCCNC1)C(=O)O. The Morgan fingerprint density at radius 2 is 2.10 bits per heavy atom. The van der Waals surface area contributed by atoms with Gasteiger partial charge in [0.1, 0.15) is 0 Å². The number of aliphatic carboxylic acids is 1. The van der Waals surface area contributed by atoms with Crippen LogP contribution in [0.1, 0.15) is 52.9 Å². The third-order valence-corrected chi connectivity index (χ3v) is 3.93. The summed E-state index contributed by atoms with van der Waals surface area (Å²) < 4.78 is 0. The van der Waals surface area contributed by atoms with E-state index in [1.54, 1.807) is 0 Å². The third kappa shape index (κ3) is 8.05. The number of carboxylic acids is 1. The molecular formula is C16H30N2O3. The molecule has 2 atom stereocenters. The maximum atomic E-state index is 11.9. The highest BCUT2D eigenvalue weighted by Crippen LogP contribution is 2.24. The Morgan fingerprint density at radius 3 is 2.62 bits per heavy atom. The number of rotatable bonds is 7. The molecular weight excluding hydrogens is 268 g/mol. The van der Waals surface area contributed by atoms with E-state index in [2.05, 4.69) is 10.6 Å². The molecule has 0 aliphatic carbocycles. The molecule has 0 bridgehead atoms. The minimum atomic E-state index is -0.832. The molecule has 2 unspecified atom stereocenters. The summed E-state index contributed by atoms with van der Waals surface area (Å²) in [5.41, 5.74) is -0.0540. The summed E-state index contributed by atoms with van der Waals surface area (Å²) in [5.74, 6) is -0.790. The monoisotopic (exact) mass is 298 g/mol. The number of hydrogen-bond acceptors (Lipinski definition) is 3. The summed E-state index contributed by atoms with van der Waals surface area (Å²) >= 11 is 0. The molecule has 0 saturated carbocycles. The van der Waals surface area contributed by atoms with Gasteiger partial charge in [0, 0.05) is 13.0 Å². The van der Waals surface area contributed by atoms with Gasteiger partial charge in [-0.05, 0) is 50.1 Å². The van der Waals surface area contributed by atoms with Crippen LogP contribution in [-0.4, -0.2) is 36.6 Å². The van der Waals surface area contributed by atoms with Crippen LogP contribution < -0.4 is 10.6 Å².